The van der Waals surface area contributed by atoms with Gasteiger partial charge in [0.2, 0.25) is 11.8 Å². The Bertz CT molecular complexity index is 874. The van der Waals surface area contributed by atoms with Crippen LogP contribution in [0.1, 0.15) is 18.2 Å². The fourth-order valence-electron chi connectivity index (χ4n) is 2.97. The number of hydrogen-bond donors (Lipinski definition) is 2. The van der Waals surface area contributed by atoms with Crippen LogP contribution < -0.4 is 10.6 Å². The molecule has 1 aliphatic rings. The largest absolute Gasteiger partial charge is 0.339 e. The molecule has 2 heterocycles. The predicted molar refractivity (Wildman–Crippen MR) is 108 cm³/mol. The van der Waals surface area contributed by atoms with Gasteiger partial charge < -0.3 is 15.1 Å². The minimum atomic E-state index is -0.377. The molecule has 1 aromatic carbocycles. The lowest BCUT2D eigenvalue weighted by molar-refractivity contribution is -0.138. The van der Waals surface area contributed by atoms with Crippen molar-refractivity contribution in [2.45, 2.75) is 20.3 Å². The lowest BCUT2D eigenvalue weighted by Crippen LogP contribution is -2.50. The van der Waals surface area contributed by atoms with Gasteiger partial charge in [-0.1, -0.05) is 12.1 Å². The number of nitrogens with zero attached hydrogens (tertiary/aromatic N) is 3. The van der Waals surface area contributed by atoms with Gasteiger partial charge in [0, 0.05) is 44.2 Å². The van der Waals surface area contributed by atoms with Crippen LogP contribution in [-0.2, 0) is 16.0 Å². The molecular formula is C19H23N5O3S. The molecule has 0 spiro atoms. The summed E-state index contributed by atoms with van der Waals surface area (Å²) in [5.74, 6) is 0.00974. The van der Waals surface area contributed by atoms with Crippen molar-refractivity contribution in [3.05, 3.63) is 40.9 Å². The van der Waals surface area contributed by atoms with E-state index in [-0.39, 0.29) is 24.3 Å². The third-order valence-corrected chi connectivity index (χ3v) is 5.26. The summed E-state index contributed by atoms with van der Waals surface area (Å²) in [6.07, 6.45) is 0.178. The van der Waals surface area contributed by atoms with Gasteiger partial charge in [-0.05, 0) is 24.6 Å². The number of aromatic nitrogens is 1. The fourth-order valence-corrected chi connectivity index (χ4v) is 3.67. The molecule has 0 atom stereocenters. The molecule has 1 fully saturated rings. The summed E-state index contributed by atoms with van der Waals surface area (Å²) < 4.78 is 0. The quantitative estimate of drug-likeness (QED) is 0.822. The number of carbonyl (C=O) groups is 3. The Hall–Kier alpha value is -2.94. The van der Waals surface area contributed by atoms with Crippen molar-refractivity contribution in [1.29, 1.82) is 0 Å². The molecule has 3 rings (SSSR count). The minimum absolute atomic E-state index is 0.0238. The Morgan fingerprint density at radius 2 is 1.82 bits per heavy atom. The van der Waals surface area contributed by atoms with Crippen LogP contribution in [0.5, 0.6) is 0 Å². The molecule has 0 unspecified atom stereocenters. The van der Waals surface area contributed by atoms with Gasteiger partial charge in [0.15, 0.2) is 5.13 Å². The van der Waals surface area contributed by atoms with Crippen LogP contribution in [0.4, 0.5) is 15.6 Å². The number of carbonyl (C=O) groups excluding carboxylic acids is 3. The van der Waals surface area contributed by atoms with Crippen molar-refractivity contribution >= 4 is 40.0 Å². The topological polar surface area (TPSA) is 94.6 Å². The van der Waals surface area contributed by atoms with Gasteiger partial charge in [-0.25, -0.2) is 9.78 Å². The summed E-state index contributed by atoms with van der Waals surface area (Å²) in [6, 6.07) is 7.13. The highest BCUT2D eigenvalue weighted by atomic mass is 32.1. The maximum Gasteiger partial charge on any atom is 0.325 e. The van der Waals surface area contributed by atoms with Gasteiger partial charge in [-0.2, -0.15) is 0 Å². The van der Waals surface area contributed by atoms with E-state index in [0.717, 1.165) is 5.56 Å². The lowest BCUT2D eigenvalue weighted by Gasteiger charge is -2.34. The second kappa shape index (κ2) is 8.83. The number of piperazine rings is 1. The second-order valence-corrected chi connectivity index (χ2v) is 7.51. The number of aryl methyl sites for hydroxylation is 1. The van der Waals surface area contributed by atoms with Crippen molar-refractivity contribution < 1.29 is 14.4 Å². The zero-order valence-corrected chi connectivity index (χ0v) is 16.7. The van der Waals surface area contributed by atoms with Crippen molar-refractivity contribution in [3.8, 4) is 0 Å². The normalized spacial score (nSPS) is 13.9. The van der Waals surface area contributed by atoms with E-state index >= 15 is 0 Å². The van der Waals surface area contributed by atoms with Crippen LogP contribution in [0, 0.1) is 6.92 Å². The monoisotopic (exact) mass is 401 g/mol. The van der Waals surface area contributed by atoms with Crippen molar-refractivity contribution in [2.24, 2.45) is 0 Å². The molecule has 1 aliphatic heterocycles. The third-order valence-electron chi connectivity index (χ3n) is 4.46. The SMILES string of the molecule is CC(=O)N1CCN(C(=O)Cc2csc(NC(=O)Nc3cccc(C)c3)n2)CC1. The highest BCUT2D eigenvalue weighted by Gasteiger charge is 2.23. The van der Waals surface area contributed by atoms with Crippen LogP contribution in [0.25, 0.3) is 0 Å². The lowest BCUT2D eigenvalue weighted by atomic mass is 10.2. The van der Waals surface area contributed by atoms with Crippen LogP contribution >= 0.6 is 11.3 Å². The van der Waals surface area contributed by atoms with Crippen LogP contribution in [0.15, 0.2) is 29.6 Å². The fraction of sp³-hybridized carbons (Fsp3) is 0.368. The van der Waals surface area contributed by atoms with E-state index in [0.29, 0.717) is 42.7 Å². The molecule has 8 nitrogen and oxygen atoms in total. The Balaban J connectivity index is 1.49. The summed E-state index contributed by atoms with van der Waals surface area (Å²) in [7, 11) is 0. The maximum atomic E-state index is 12.4. The number of anilines is 2. The zero-order chi connectivity index (χ0) is 20.1. The van der Waals surface area contributed by atoms with E-state index in [1.807, 2.05) is 31.2 Å². The van der Waals surface area contributed by atoms with Gasteiger partial charge in [0.05, 0.1) is 12.1 Å². The number of urea groups is 1. The number of benzene rings is 1. The first-order valence-corrected chi connectivity index (χ1v) is 9.91. The number of amides is 4. The molecule has 1 aromatic heterocycles. The van der Waals surface area contributed by atoms with Crippen LogP contribution in [0.3, 0.4) is 0 Å². The van der Waals surface area contributed by atoms with Gasteiger partial charge in [-0.3, -0.25) is 14.9 Å². The van der Waals surface area contributed by atoms with Crippen LogP contribution in [0.2, 0.25) is 0 Å². The number of rotatable bonds is 4. The Kier molecular flexibility index (Phi) is 6.25. The second-order valence-electron chi connectivity index (χ2n) is 6.66. The average Bonchev–Trinajstić information content (AvgIpc) is 3.08. The van der Waals surface area contributed by atoms with E-state index in [9.17, 15) is 14.4 Å². The molecule has 148 valence electrons. The molecule has 9 heteroatoms. The molecule has 2 N–H and O–H groups in total. The predicted octanol–water partition coefficient (Wildman–Crippen LogP) is 2.33. The summed E-state index contributed by atoms with van der Waals surface area (Å²) in [4.78, 5) is 43.7. The molecular weight excluding hydrogens is 378 g/mol. The number of nitrogens with one attached hydrogen (secondary N) is 2. The highest BCUT2D eigenvalue weighted by molar-refractivity contribution is 7.14. The summed E-state index contributed by atoms with van der Waals surface area (Å²) >= 11 is 1.28. The molecule has 0 aliphatic carbocycles. The molecule has 0 saturated carbocycles. The first-order chi connectivity index (χ1) is 13.4. The van der Waals surface area contributed by atoms with Gasteiger partial charge in [-0.15, -0.1) is 11.3 Å². The summed E-state index contributed by atoms with van der Waals surface area (Å²) in [5, 5.41) is 7.65. The third kappa shape index (κ3) is 5.29. The van der Waals surface area contributed by atoms with E-state index in [2.05, 4.69) is 15.6 Å². The number of hydrogen-bond acceptors (Lipinski definition) is 5. The summed E-state index contributed by atoms with van der Waals surface area (Å²) in [6.45, 7) is 5.68. The van der Waals surface area contributed by atoms with Crippen LogP contribution in [-0.4, -0.2) is 58.8 Å². The van der Waals surface area contributed by atoms with Crippen molar-refractivity contribution in [1.82, 2.24) is 14.8 Å². The van der Waals surface area contributed by atoms with Crippen molar-refractivity contribution in [3.63, 3.8) is 0 Å². The molecule has 4 amide bonds. The molecule has 0 radical (unpaired) electrons. The van der Waals surface area contributed by atoms with E-state index in [1.165, 1.54) is 18.3 Å². The van der Waals surface area contributed by atoms with E-state index in [4.69, 9.17) is 0 Å². The Morgan fingerprint density at radius 3 is 2.50 bits per heavy atom. The highest BCUT2D eigenvalue weighted by Crippen LogP contribution is 2.18. The summed E-state index contributed by atoms with van der Waals surface area (Å²) in [5.41, 5.74) is 2.38. The smallest absolute Gasteiger partial charge is 0.325 e. The van der Waals surface area contributed by atoms with Gasteiger partial charge in [0.25, 0.3) is 0 Å². The first kappa shape index (κ1) is 19.8. The molecule has 1 saturated heterocycles. The van der Waals surface area contributed by atoms with Gasteiger partial charge in [0.1, 0.15) is 0 Å². The van der Waals surface area contributed by atoms with Gasteiger partial charge >= 0.3 is 6.03 Å². The molecule has 2 aromatic rings. The standard InChI is InChI=1S/C19H23N5O3S/c1-13-4-3-5-15(10-13)20-18(27)22-19-21-16(12-28-19)11-17(26)24-8-6-23(7-9-24)14(2)25/h3-5,10,12H,6-9,11H2,1-2H3,(H2,20,21,22,27). The zero-order valence-electron chi connectivity index (χ0n) is 15.9. The van der Waals surface area contributed by atoms with E-state index < -0.39 is 0 Å². The Morgan fingerprint density at radius 1 is 1.11 bits per heavy atom. The van der Waals surface area contributed by atoms with E-state index in [1.54, 1.807) is 15.2 Å². The molecule has 0 bridgehead atoms. The maximum absolute atomic E-state index is 12.4. The first-order valence-electron chi connectivity index (χ1n) is 9.03. The molecule has 28 heavy (non-hydrogen) atoms. The minimum Gasteiger partial charge on any atom is -0.339 e. The van der Waals surface area contributed by atoms with Crippen molar-refractivity contribution in [2.75, 3.05) is 36.8 Å². The number of thiazole rings is 1. The Labute approximate surface area is 167 Å². The average molecular weight is 401 g/mol.